The highest BCUT2D eigenvalue weighted by Gasteiger charge is 2.30. The van der Waals surface area contributed by atoms with Crippen molar-refractivity contribution in [2.75, 3.05) is 20.8 Å². The van der Waals surface area contributed by atoms with Crippen LogP contribution in [0.25, 0.3) is 15.8 Å². The minimum absolute atomic E-state index is 0.0428. The Hall–Kier alpha value is -2.79. The number of nitrogens with zero attached hydrogens (tertiary/aromatic N) is 1. The fourth-order valence-electron chi connectivity index (χ4n) is 3.15. The minimum atomic E-state index is -4.40. The number of benzene rings is 1. The number of fused-ring (bicyclic) bond motifs is 1. The molecule has 3 rings (SSSR count). The molecule has 1 aliphatic heterocycles. The average molecular weight is 572 g/mol. The third kappa shape index (κ3) is 11.1. The van der Waals surface area contributed by atoms with Crippen LogP contribution >= 0.6 is 11.8 Å². The number of aryl methyl sites for hydroxylation is 1. The number of methoxy groups -OCH3 is 2. The first-order valence-corrected chi connectivity index (χ1v) is 13.6. The first-order chi connectivity index (χ1) is 18.3. The first kappa shape index (κ1) is 34.2. The van der Waals surface area contributed by atoms with Crippen molar-refractivity contribution in [3.8, 4) is 5.75 Å². The second-order valence-corrected chi connectivity index (χ2v) is 10.3. The van der Waals surface area contributed by atoms with Gasteiger partial charge in [-0.05, 0) is 56.7 Å². The molecule has 2 N–H and O–H groups in total. The minimum Gasteiger partial charge on any atom is -0.496 e. The summed E-state index contributed by atoms with van der Waals surface area (Å²) in [6, 6.07) is 3.20. The number of carbonyl (C=O) groups is 1. The van der Waals surface area contributed by atoms with Crippen LogP contribution in [-0.4, -0.2) is 48.9 Å². The van der Waals surface area contributed by atoms with Crippen molar-refractivity contribution in [1.82, 2.24) is 15.3 Å². The highest BCUT2D eigenvalue weighted by Crippen LogP contribution is 2.32. The number of carbonyl (C=O) groups excluding carboxylic acids is 1. The Labute approximate surface area is 232 Å². The van der Waals surface area contributed by atoms with Gasteiger partial charge in [0.1, 0.15) is 17.6 Å². The number of aromatic amines is 1. The Morgan fingerprint density at radius 2 is 1.92 bits per heavy atom. The number of nitrogens with one attached hydrogen (secondary N) is 2. The summed E-state index contributed by atoms with van der Waals surface area (Å²) in [5.74, 6) is 1.45. The Balaban J connectivity index is 0.000000415. The highest BCUT2D eigenvalue weighted by molar-refractivity contribution is 8.10. The topological polar surface area (TPSA) is 93.3 Å². The summed E-state index contributed by atoms with van der Waals surface area (Å²) in [5, 5.41) is 4.40. The van der Waals surface area contributed by atoms with E-state index in [0.717, 1.165) is 49.4 Å². The molecule has 0 saturated carbocycles. The summed E-state index contributed by atoms with van der Waals surface area (Å²) < 4.78 is 47.3. The van der Waals surface area contributed by atoms with Gasteiger partial charge in [0.2, 0.25) is 0 Å². The van der Waals surface area contributed by atoms with Crippen LogP contribution in [0.1, 0.15) is 64.8 Å². The van der Waals surface area contributed by atoms with Crippen LogP contribution < -0.4 is 15.6 Å². The summed E-state index contributed by atoms with van der Waals surface area (Å²) in [6.07, 6.45) is 0.133. The van der Waals surface area contributed by atoms with Gasteiger partial charge in [-0.15, -0.1) is 0 Å². The van der Waals surface area contributed by atoms with E-state index in [1.807, 2.05) is 0 Å². The second-order valence-electron chi connectivity index (χ2n) is 9.37. The maximum absolute atomic E-state index is 12.5. The number of halogens is 3. The van der Waals surface area contributed by atoms with Gasteiger partial charge in [0.25, 0.3) is 5.56 Å². The fourth-order valence-corrected chi connectivity index (χ4v) is 3.82. The smallest absolute Gasteiger partial charge is 0.412 e. The largest absolute Gasteiger partial charge is 0.496 e. The Kier molecular flexibility index (Phi) is 14.3. The lowest BCUT2D eigenvalue weighted by Crippen LogP contribution is -2.40. The number of H-pyrrole nitrogens is 1. The van der Waals surface area contributed by atoms with E-state index in [2.05, 4.69) is 47.4 Å². The molecule has 1 aliphatic rings. The van der Waals surface area contributed by atoms with Crippen molar-refractivity contribution >= 4 is 33.5 Å². The summed E-state index contributed by atoms with van der Waals surface area (Å²) in [7, 11) is 2.93. The predicted molar refractivity (Wildman–Crippen MR) is 153 cm³/mol. The van der Waals surface area contributed by atoms with Gasteiger partial charge in [0, 0.05) is 16.0 Å². The highest BCUT2D eigenvalue weighted by atomic mass is 32.2. The van der Waals surface area contributed by atoms with Crippen molar-refractivity contribution in [3.05, 3.63) is 51.4 Å². The maximum atomic E-state index is 12.5. The van der Waals surface area contributed by atoms with Gasteiger partial charge in [-0.3, -0.25) is 9.59 Å². The molecule has 7 nitrogen and oxygen atoms in total. The molecule has 2 heterocycles. The third-order valence-electron chi connectivity index (χ3n) is 6.00. The van der Waals surface area contributed by atoms with Gasteiger partial charge < -0.3 is 19.8 Å². The Morgan fingerprint density at radius 1 is 1.28 bits per heavy atom. The van der Waals surface area contributed by atoms with Crippen molar-refractivity contribution < 1.29 is 27.4 Å². The van der Waals surface area contributed by atoms with Crippen molar-refractivity contribution in [1.29, 1.82) is 0 Å². The molecule has 11 heteroatoms. The summed E-state index contributed by atoms with van der Waals surface area (Å²) >= 11 is 0.757. The zero-order valence-electron chi connectivity index (χ0n) is 23.8. The maximum Gasteiger partial charge on any atom is 0.412 e. The SMILES string of the molecule is C=C(S/C=C(\C)C(F)(F)F)c1nc2c(C)c(OC)ccc2c(=O)[nH]1.CCC(C)C.COC(=O)[C@@H]1CCCCN1. The van der Waals surface area contributed by atoms with Gasteiger partial charge in [-0.1, -0.05) is 52.0 Å². The van der Waals surface area contributed by atoms with E-state index in [-0.39, 0.29) is 28.3 Å². The van der Waals surface area contributed by atoms with E-state index >= 15 is 0 Å². The molecule has 1 aromatic heterocycles. The lowest BCUT2D eigenvalue weighted by Gasteiger charge is -2.20. The molecule has 0 aliphatic carbocycles. The molecule has 2 aromatic rings. The fraction of sp³-hybridized carbons (Fsp3) is 0.536. The van der Waals surface area contributed by atoms with Crippen molar-refractivity contribution in [2.45, 2.75) is 72.5 Å². The molecular formula is C28H40F3N3O4S. The van der Waals surface area contributed by atoms with Crippen LogP contribution in [0.15, 0.2) is 34.5 Å². The molecule has 0 radical (unpaired) electrons. The molecule has 39 heavy (non-hydrogen) atoms. The number of aromatic nitrogens is 2. The molecule has 0 bridgehead atoms. The molecule has 1 fully saturated rings. The molecule has 1 aromatic carbocycles. The molecule has 1 atom stereocenters. The number of allylic oxidation sites excluding steroid dienone is 1. The predicted octanol–water partition coefficient (Wildman–Crippen LogP) is 6.76. The lowest BCUT2D eigenvalue weighted by molar-refractivity contribution is -0.143. The van der Waals surface area contributed by atoms with Crippen LogP contribution in [0.5, 0.6) is 5.75 Å². The van der Waals surface area contributed by atoms with E-state index in [1.54, 1.807) is 19.1 Å². The van der Waals surface area contributed by atoms with Crippen LogP contribution in [0.4, 0.5) is 13.2 Å². The first-order valence-electron chi connectivity index (χ1n) is 12.7. The Bertz CT molecular complexity index is 1190. The average Bonchev–Trinajstić information content (AvgIpc) is 2.92. The second kappa shape index (κ2) is 16.3. The molecule has 218 valence electrons. The van der Waals surface area contributed by atoms with Crippen LogP contribution in [0, 0.1) is 12.8 Å². The van der Waals surface area contributed by atoms with E-state index < -0.39 is 11.7 Å². The molecule has 1 saturated heterocycles. The molecule has 0 spiro atoms. The molecule has 0 unspecified atom stereocenters. The van der Waals surface area contributed by atoms with Crippen molar-refractivity contribution in [2.24, 2.45) is 5.92 Å². The summed E-state index contributed by atoms with van der Waals surface area (Å²) in [4.78, 5) is 30.1. The van der Waals surface area contributed by atoms with Crippen LogP contribution in [0.3, 0.4) is 0 Å². The van der Waals surface area contributed by atoms with Crippen LogP contribution in [0.2, 0.25) is 0 Å². The van der Waals surface area contributed by atoms with E-state index in [9.17, 15) is 22.8 Å². The number of hydrogen-bond acceptors (Lipinski definition) is 7. The van der Waals surface area contributed by atoms with E-state index in [0.29, 0.717) is 22.2 Å². The number of ether oxygens (including phenoxy) is 2. The molecule has 0 amide bonds. The summed E-state index contributed by atoms with van der Waals surface area (Å²) in [5.41, 5.74) is -0.0535. The van der Waals surface area contributed by atoms with E-state index in [4.69, 9.17) is 4.74 Å². The van der Waals surface area contributed by atoms with Gasteiger partial charge >= 0.3 is 12.1 Å². The number of esters is 1. The number of alkyl halides is 3. The normalized spacial score (nSPS) is 15.6. The number of hydrogen-bond donors (Lipinski definition) is 2. The standard InChI is InChI=1S/C16H15F3N2O2S.C7H13NO2.C5H12/c1-8(16(17,18)19)7-24-10(3)14-20-13-9(2)12(23-4)6-5-11(13)15(22)21-14;1-10-7(9)6-4-2-3-5-8-6;1-4-5(2)3/h5-7H,3H2,1-2,4H3,(H,20,21,22);6,8H,2-5H2,1H3;5H,4H2,1-3H3/b8-7+;;/t;6-;/m.0./s1. The third-order valence-corrected chi connectivity index (χ3v) is 6.95. The van der Waals surface area contributed by atoms with Crippen LogP contribution in [-0.2, 0) is 9.53 Å². The number of thioether (sulfide) groups is 1. The van der Waals surface area contributed by atoms with E-state index in [1.165, 1.54) is 27.1 Å². The monoisotopic (exact) mass is 571 g/mol. The Morgan fingerprint density at radius 3 is 2.41 bits per heavy atom. The van der Waals surface area contributed by atoms with Gasteiger partial charge in [0.05, 0.1) is 25.1 Å². The zero-order chi connectivity index (χ0) is 29.8. The number of piperidine rings is 1. The summed E-state index contributed by atoms with van der Waals surface area (Å²) in [6.45, 7) is 14.0. The number of rotatable bonds is 6. The molecular weight excluding hydrogens is 531 g/mol. The quantitative estimate of drug-likeness (QED) is 0.370. The van der Waals surface area contributed by atoms with Gasteiger partial charge in [0.15, 0.2) is 0 Å². The zero-order valence-corrected chi connectivity index (χ0v) is 24.6. The van der Waals surface area contributed by atoms with Gasteiger partial charge in [-0.2, -0.15) is 13.2 Å². The van der Waals surface area contributed by atoms with Gasteiger partial charge in [-0.25, -0.2) is 4.98 Å². The lowest BCUT2D eigenvalue weighted by atomic mass is 10.1. The van der Waals surface area contributed by atoms with Crippen molar-refractivity contribution in [3.63, 3.8) is 0 Å².